The molecule has 1 aliphatic heterocycles. The molecule has 1 fully saturated rings. The zero-order chi connectivity index (χ0) is 24.4. The van der Waals surface area contributed by atoms with Crippen LogP contribution in [0.15, 0.2) is 96.7 Å². The summed E-state index contributed by atoms with van der Waals surface area (Å²) in [5.41, 5.74) is 2.60. The van der Waals surface area contributed by atoms with E-state index in [1.165, 1.54) is 24.5 Å². The van der Waals surface area contributed by atoms with Crippen LogP contribution in [-0.2, 0) is 14.3 Å². The molecule has 5 rings (SSSR count). The van der Waals surface area contributed by atoms with Gasteiger partial charge in [0.2, 0.25) is 0 Å². The van der Waals surface area contributed by atoms with Crippen molar-refractivity contribution in [1.82, 2.24) is 4.98 Å². The second kappa shape index (κ2) is 9.74. The van der Waals surface area contributed by atoms with Crippen LogP contribution in [0.4, 0.5) is 10.8 Å². The predicted octanol–water partition coefficient (Wildman–Crippen LogP) is 5.90. The number of para-hydroxylation sites is 1. The molecule has 1 atom stereocenters. The molecule has 2 heterocycles. The van der Waals surface area contributed by atoms with Crippen LogP contribution < -0.4 is 9.80 Å². The SMILES string of the molecule is COC(=O)/C=C1\C(=O)N(c2nc3ccccc3s2)C(/C=C/c2ccccc2)N1c1cccc(Cl)c1. The second-order valence-electron chi connectivity index (χ2n) is 7.73. The molecule has 1 aromatic heterocycles. The molecular formula is C27H20ClN3O3S. The monoisotopic (exact) mass is 501 g/mol. The van der Waals surface area contributed by atoms with Crippen molar-refractivity contribution in [3.05, 3.63) is 107 Å². The molecule has 1 unspecified atom stereocenters. The zero-order valence-corrected chi connectivity index (χ0v) is 20.2. The van der Waals surface area contributed by atoms with Crippen molar-refractivity contribution >= 4 is 61.9 Å². The Kier molecular flexibility index (Phi) is 6.35. The molecule has 1 saturated heterocycles. The largest absolute Gasteiger partial charge is 0.466 e. The maximum absolute atomic E-state index is 13.8. The first kappa shape index (κ1) is 22.8. The normalized spacial score (nSPS) is 17.1. The Morgan fingerprint density at radius 2 is 1.80 bits per heavy atom. The van der Waals surface area contributed by atoms with Crippen LogP contribution in [0, 0.1) is 0 Å². The Morgan fingerprint density at radius 3 is 2.54 bits per heavy atom. The van der Waals surface area contributed by atoms with Crippen molar-refractivity contribution in [1.29, 1.82) is 0 Å². The lowest BCUT2D eigenvalue weighted by Crippen LogP contribution is -2.38. The van der Waals surface area contributed by atoms with Crippen LogP contribution in [0.2, 0.25) is 5.02 Å². The van der Waals surface area contributed by atoms with Gasteiger partial charge < -0.3 is 9.64 Å². The van der Waals surface area contributed by atoms with Crippen molar-refractivity contribution in [2.24, 2.45) is 0 Å². The third kappa shape index (κ3) is 4.56. The number of aromatic nitrogens is 1. The van der Waals surface area contributed by atoms with E-state index < -0.39 is 12.1 Å². The number of halogens is 1. The van der Waals surface area contributed by atoms with Gasteiger partial charge in [0, 0.05) is 10.7 Å². The summed E-state index contributed by atoms with van der Waals surface area (Å²) in [6, 6.07) is 24.7. The number of nitrogens with zero attached hydrogens (tertiary/aromatic N) is 3. The van der Waals surface area contributed by atoms with Gasteiger partial charge >= 0.3 is 5.97 Å². The van der Waals surface area contributed by atoms with E-state index in [9.17, 15) is 9.59 Å². The van der Waals surface area contributed by atoms with E-state index in [-0.39, 0.29) is 11.6 Å². The highest BCUT2D eigenvalue weighted by molar-refractivity contribution is 7.22. The van der Waals surface area contributed by atoms with Crippen LogP contribution in [-0.4, -0.2) is 30.1 Å². The molecule has 3 aromatic carbocycles. The van der Waals surface area contributed by atoms with Gasteiger partial charge in [0.25, 0.3) is 5.91 Å². The fraction of sp³-hybridized carbons (Fsp3) is 0.0741. The molecule has 0 bridgehead atoms. The number of carbonyl (C=O) groups is 2. The summed E-state index contributed by atoms with van der Waals surface area (Å²) in [5.74, 6) is -0.991. The minimum absolute atomic E-state index is 0.168. The van der Waals surface area contributed by atoms with Crippen LogP contribution in [0.3, 0.4) is 0 Å². The molecule has 6 nitrogen and oxygen atoms in total. The number of amides is 1. The van der Waals surface area contributed by atoms with Crippen molar-refractivity contribution in [2.45, 2.75) is 6.17 Å². The lowest BCUT2D eigenvalue weighted by molar-refractivity contribution is -0.135. The molecule has 0 aliphatic carbocycles. The third-order valence-electron chi connectivity index (χ3n) is 5.52. The predicted molar refractivity (Wildman–Crippen MR) is 140 cm³/mol. The quantitative estimate of drug-likeness (QED) is 0.252. The van der Waals surface area contributed by atoms with Crippen LogP contribution >= 0.6 is 22.9 Å². The van der Waals surface area contributed by atoms with E-state index in [4.69, 9.17) is 21.3 Å². The van der Waals surface area contributed by atoms with Crippen LogP contribution in [0.25, 0.3) is 16.3 Å². The standard InChI is InChI=1S/C27H20ClN3O3S/c1-34-25(32)17-22-26(33)31(27-29-21-12-5-6-13-23(21)35-27)24(15-14-18-8-3-2-4-9-18)30(22)20-11-7-10-19(28)16-20/h2-17,24H,1H3/b15-14+,22-17+. The third-order valence-corrected chi connectivity index (χ3v) is 6.79. The van der Waals surface area contributed by atoms with Gasteiger partial charge in [-0.15, -0.1) is 0 Å². The fourth-order valence-corrected chi connectivity index (χ4v) is 5.10. The van der Waals surface area contributed by atoms with E-state index in [0.29, 0.717) is 15.8 Å². The fourth-order valence-electron chi connectivity index (χ4n) is 3.92. The molecule has 0 N–H and O–H groups in total. The second-order valence-corrected chi connectivity index (χ2v) is 9.17. The smallest absolute Gasteiger partial charge is 0.332 e. The van der Waals surface area contributed by atoms with E-state index in [0.717, 1.165) is 15.8 Å². The topological polar surface area (TPSA) is 62.7 Å². The Balaban J connectivity index is 1.70. The van der Waals surface area contributed by atoms with Crippen molar-refractivity contribution in [3.8, 4) is 0 Å². The number of ether oxygens (including phenoxy) is 1. The summed E-state index contributed by atoms with van der Waals surface area (Å²) in [7, 11) is 1.28. The van der Waals surface area contributed by atoms with Gasteiger partial charge in [-0.1, -0.05) is 77.5 Å². The summed E-state index contributed by atoms with van der Waals surface area (Å²) < 4.78 is 5.81. The number of rotatable bonds is 5. The Labute approximate surface area is 211 Å². The van der Waals surface area contributed by atoms with Crippen molar-refractivity contribution < 1.29 is 14.3 Å². The Morgan fingerprint density at radius 1 is 1.03 bits per heavy atom. The van der Waals surface area contributed by atoms with E-state index in [1.54, 1.807) is 28.0 Å². The lowest BCUT2D eigenvalue weighted by Gasteiger charge is -2.27. The molecule has 35 heavy (non-hydrogen) atoms. The summed E-state index contributed by atoms with van der Waals surface area (Å²) in [5, 5.41) is 1.04. The number of hydrogen-bond acceptors (Lipinski definition) is 6. The average Bonchev–Trinajstić information content (AvgIpc) is 3.41. The van der Waals surface area contributed by atoms with Gasteiger partial charge in [0.05, 0.1) is 23.4 Å². The molecule has 0 radical (unpaired) electrons. The molecule has 0 spiro atoms. The summed E-state index contributed by atoms with van der Waals surface area (Å²) >= 11 is 7.72. The molecule has 1 amide bonds. The molecule has 1 aliphatic rings. The first-order valence-electron chi connectivity index (χ1n) is 10.8. The number of thiazole rings is 1. The molecule has 0 saturated carbocycles. The minimum atomic E-state index is -0.627. The summed E-state index contributed by atoms with van der Waals surface area (Å²) in [4.78, 5) is 34.2. The highest BCUT2D eigenvalue weighted by Crippen LogP contribution is 2.39. The maximum Gasteiger partial charge on any atom is 0.332 e. The van der Waals surface area contributed by atoms with Gasteiger partial charge in [-0.05, 0) is 42.0 Å². The molecular weight excluding hydrogens is 482 g/mol. The number of hydrogen-bond donors (Lipinski definition) is 0. The van der Waals surface area contributed by atoms with E-state index in [2.05, 4.69) is 0 Å². The van der Waals surface area contributed by atoms with Crippen molar-refractivity contribution in [2.75, 3.05) is 16.9 Å². The van der Waals surface area contributed by atoms with Gasteiger partial charge in [0.1, 0.15) is 11.9 Å². The first-order chi connectivity index (χ1) is 17.0. The Bertz CT molecular complexity index is 1430. The number of carbonyl (C=O) groups excluding carboxylic acids is 2. The van der Waals surface area contributed by atoms with Gasteiger partial charge in [0.15, 0.2) is 5.13 Å². The number of esters is 1. The number of anilines is 2. The van der Waals surface area contributed by atoms with Crippen LogP contribution in [0.1, 0.15) is 5.56 Å². The highest BCUT2D eigenvalue weighted by atomic mass is 35.5. The van der Waals surface area contributed by atoms with Gasteiger partial charge in [-0.3, -0.25) is 9.69 Å². The highest BCUT2D eigenvalue weighted by Gasteiger charge is 2.44. The molecule has 8 heteroatoms. The molecule has 4 aromatic rings. The summed E-state index contributed by atoms with van der Waals surface area (Å²) in [6.07, 6.45) is 4.47. The lowest BCUT2D eigenvalue weighted by atomic mass is 10.2. The average molecular weight is 502 g/mol. The number of fused-ring (bicyclic) bond motifs is 1. The van der Waals surface area contributed by atoms with Crippen LogP contribution in [0.5, 0.6) is 0 Å². The van der Waals surface area contributed by atoms with Crippen molar-refractivity contribution in [3.63, 3.8) is 0 Å². The maximum atomic E-state index is 13.8. The van der Waals surface area contributed by atoms with E-state index in [1.807, 2.05) is 72.8 Å². The van der Waals surface area contributed by atoms with E-state index >= 15 is 0 Å². The summed E-state index contributed by atoms with van der Waals surface area (Å²) in [6.45, 7) is 0. The molecule has 174 valence electrons. The zero-order valence-electron chi connectivity index (χ0n) is 18.7. The number of benzene rings is 3. The Hall–Kier alpha value is -3.94. The minimum Gasteiger partial charge on any atom is -0.466 e. The van der Waals surface area contributed by atoms with Gasteiger partial charge in [-0.2, -0.15) is 0 Å². The van der Waals surface area contributed by atoms with Gasteiger partial charge in [-0.25, -0.2) is 9.78 Å². The number of methoxy groups -OCH3 is 1. The first-order valence-corrected chi connectivity index (χ1v) is 12.0.